The average molecular weight is 187 g/mol. The van der Waals surface area contributed by atoms with E-state index in [2.05, 4.69) is 4.74 Å². The Morgan fingerprint density at radius 3 is 2.38 bits per heavy atom. The first kappa shape index (κ1) is 9.39. The fourth-order valence-electron chi connectivity index (χ4n) is 0.827. The van der Waals surface area contributed by atoms with Crippen LogP contribution in [0, 0.1) is 28.8 Å². The molecule has 0 unspecified atom stereocenters. The van der Waals surface area contributed by atoms with Crippen LogP contribution in [0.3, 0.4) is 0 Å². The summed E-state index contributed by atoms with van der Waals surface area (Å²) in [5.74, 6) is -4.49. The third-order valence-corrected chi connectivity index (χ3v) is 1.45. The molecule has 0 aromatic heterocycles. The lowest BCUT2D eigenvalue weighted by molar-refractivity contribution is 0.375. The summed E-state index contributed by atoms with van der Waals surface area (Å²) in [5, 5.41) is 8.29. The monoisotopic (exact) mass is 187 g/mol. The Bertz CT molecular complexity index is 384. The molecule has 68 valence electrons. The maximum absolute atomic E-state index is 13.0. The Morgan fingerprint density at radius 2 is 1.92 bits per heavy atom. The van der Waals surface area contributed by atoms with Crippen molar-refractivity contribution >= 4 is 0 Å². The second-order valence-electron chi connectivity index (χ2n) is 2.18. The molecular formula is C8H4F3NO. The molecule has 1 aromatic carbocycles. The van der Waals surface area contributed by atoms with Gasteiger partial charge in [0, 0.05) is 6.07 Å². The van der Waals surface area contributed by atoms with Gasteiger partial charge in [-0.15, -0.1) is 0 Å². The number of hydrogen-bond donors (Lipinski definition) is 0. The van der Waals surface area contributed by atoms with E-state index in [1.807, 2.05) is 0 Å². The van der Waals surface area contributed by atoms with Crippen LogP contribution in [0.2, 0.25) is 0 Å². The number of benzene rings is 1. The molecule has 0 atom stereocenters. The van der Waals surface area contributed by atoms with E-state index in [-0.39, 0.29) is 0 Å². The van der Waals surface area contributed by atoms with Crippen LogP contribution >= 0.6 is 0 Å². The van der Waals surface area contributed by atoms with E-state index in [0.717, 1.165) is 7.11 Å². The van der Waals surface area contributed by atoms with Gasteiger partial charge in [-0.05, 0) is 0 Å². The molecule has 0 heterocycles. The predicted molar refractivity (Wildman–Crippen MR) is 37.6 cm³/mol. The van der Waals surface area contributed by atoms with Crippen LogP contribution in [0.25, 0.3) is 0 Å². The van der Waals surface area contributed by atoms with Gasteiger partial charge in [-0.2, -0.15) is 5.26 Å². The SMILES string of the molecule is COc1cc(F)c(F)c(C#N)c1F. The summed E-state index contributed by atoms with van der Waals surface area (Å²) in [5.41, 5.74) is -0.975. The topological polar surface area (TPSA) is 33.0 Å². The van der Waals surface area contributed by atoms with Crippen LogP contribution in [-0.4, -0.2) is 7.11 Å². The van der Waals surface area contributed by atoms with E-state index in [9.17, 15) is 13.2 Å². The summed E-state index contributed by atoms with van der Waals surface area (Å²) >= 11 is 0. The third kappa shape index (κ3) is 1.43. The molecule has 0 aliphatic heterocycles. The van der Waals surface area contributed by atoms with E-state index < -0.39 is 28.8 Å². The molecule has 5 heteroatoms. The van der Waals surface area contributed by atoms with E-state index >= 15 is 0 Å². The lowest BCUT2D eigenvalue weighted by Crippen LogP contribution is -1.98. The van der Waals surface area contributed by atoms with Crippen molar-refractivity contribution in [1.29, 1.82) is 5.26 Å². The molecule has 0 amide bonds. The number of nitriles is 1. The van der Waals surface area contributed by atoms with Gasteiger partial charge >= 0.3 is 0 Å². The zero-order chi connectivity index (χ0) is 10.0. The van der Waals surface area contributed by atoms with Crippen molar-refractivity contribution < 1.29 is 17.9 Å². The van der Waals surface area contributed by atoms with Crippen LogP contribution in [0.15, 0.2) is 6.07 Å². The molecule has 0 saturated heterocycles. The molecule has 1 aromatic rings. The highest BCUT2D eigenvalue weighted by atomic mass is 19.2. The van der Waals surface area contributed by atoms with Crippen molar-refractivity contribution in [2.24, 2.45) is 0 Å². The molecule has 0 N–H and O–H groups in total. The second-order valence-corrected chi connectivity index (χ2v) is 2.18. The van der Waals surface area contributed by atoms with Crippen molar-refractivity contribution in [1.82, 2.24) is 0 Å². The van der Waals surface area contributed by atoms with Gasteiger partial charge in [0.2, 0.25) is 0 Å². The van der Waals surface area contributed by atoms with Crippen LogP contribution in [0.4, 0.5) is 13.2 Å². The third-order valence-electron chi connectivity index (χ3n) is 1.45. The smallest absolute Gasteiger partial charge is 0.185 e. The van der Waals surface area contributed by atoms with Crippen LogP contribution in [0.1, 0.15) is 5.56 Å². The molecule has 1 rings (SSSR count). The van der Waals surface area contributed by atoms with Gasteiger partial charge in [-0.1, -0.05) is 0 Å². The first-order valence-electron chi connectivity index (χ1n) is 3.23. The lowest BCUT2D eigenvalue weighted by atomic mass is 10.2. The quantitative estimate of drug-likeness (QED) is 0.630. The fourth-order valence-corrected chi connectivity index (χ4v) is 0.827. The van der Waals surface area contributed by atoms with Crippen LogP contribution < -0.4 is 4.74 Å². The van der Waals surface area contributed by atoms with Gasteiger partial charge in [0.15, 0.2) is 23.2 Å². The minimum Gasteiger partial charge on any atom is -0.494 e. The summed E-state index contributed by atoms with van der Waals surface area (Å²) in [4.78, 5) is 0. The first-order chi connectivity index (χ1) is 6.11. The normalized spacial score (nSPS) is 9.46. The average Bonchev–Trinajstić information content (AvgIpc) is 2.12. The van der Waals surface area contributed by atoms with Gasteiger partial charge in [-0.3, -0.25) is 0 Å². The zero-order valence-corrected chi connectivity index (χ0v) is 6.57. The molecule has 0 radical (unpaired) electrons. The van der Waals surface area contributed by atoms with Crippen LogP contribution in [-0.2, 0) is 0 Å². The van der Waals surface area contributed by atoms with Gasteiger partial charge in [0.25, 0.3) is 0 Å². The maximum Gasteiger partial charge on any atom is 0.185 e. The van der Waals surface area contributed by atoms with E-state index in [1.54, 1.807) is 0 Å². The first-order valence-corrected chi connectivity index (χ1v) is 3.23. The highest BCUT2D eigenvalue weighted by Gasteiger charge is 2.18. The van der Waals surface area contributed by atoms with Crippen molar-refractivity contribution in [3.05, 3.63) is 29.1 Å². The molecule has 2 nitrogen and oxygen atoms in total. The summed E-state index contributed by atoms with van der Waals surface area (Å²) in [6.45, 7) is 0. The van der Waals surface area contributed by atoms with Crippen LogP contribution in [0.5, 0.6) is 5.75 Å². The highest BCUT2D eigenvalue weighted by molar-refractivity contribution is 5.40. The predicted octanol–water partition coefficient (Wildman–Crippen LogP) is 1.98. The van der Waals surface area contributed by atoms with Gasteiger partial charge in [0.05, 0.1) is 7.11 Å². The number of halogens is 3. The van der Waals surface area contributed by atoms with Gasteiger partial charge in [0.1, 0.15) is 11.6 Å². The van der Waals surface area contributed by atoms with Crippen molar-refractivity contribution in [2.45, 2.75) is 0 Å². The van der Waals surface area contributed by atoms with Gasteiger partial charge in [-0.25, -0.2) is 13.2 Å². The standard InChI is InChI=1S/C8H4F3NO/c1-13-6-2-5(9)7(10)4(3-12)8(6)11/h2H,1H3. The number of nitrogens with zero attached hydrogens (tertiary/aromatic N) is 1. The Hall–Kier alpha value is -1.70. The van der Waals surface area contributed by atoms with E-state index in [0.29, 0.717) is 6.07 Å². The largest absolute Gasteiger partial charge is 0.494 e. The number of methoxy groups -OCH3 is 1. The highest BCUT2D eigenvalue weighted by Crippen LogP contribution is 2.24. The van der Waals surface area contributed by atoms with Crippen molar-refractivity contribution in [2.75, 3.05) is 7.11 Å². The lowest BCUT2D eigenvalue weighted by Gasteiger charge is -2.03. The minimum absolute atomic E-state index is 0.490. The minimum atomic E-state index is -1.50. The Kier molecular flexibility index (Phi) is 2.42. The Labute approximate surface area is 72.2 Å². The molecule has 0 aliphatic rings. The maximum atomic E-state index is 13.0. The number of hydrogen-bond acceptors (Lipinski definition) is 2. The molecule has 0 aliphatic carbocycles. The Morgan fingerprint density at radius 1 is 1.31 bits per heavy atom. The van der Waals surface area contributed by atoms with E-state index in [4.69, 9.17) is 5.26 Å². The molecule has 0 bridgehead atoms. The van der Waals surface area contributed by atoms with Gasteiger partial charge < -0.3 is 4.74 Å². The second kappa shape index (κ2) is 3.35. The number of rotatable bonds is 1. The summed E-state index contributed by atoms with van der Waals surface area (Å²) in [6.07, 6.45) is 0. The van der Waals surface area contributed by atoms with Crippen molar-refractivity contribution in [3.63, 3.8) is 0 Å². The molecule has 0 fully saturated rings. The Balaban J connectivity index is 3.50. The van der Waals surface area contributed by atoms with Crippen molar-refractivity contribution in [3.8, 4) is 11.8 Å². The molecule has 0 saturated carbocycles. The zero-order valence-electron chi connectivity index (χ0n) is 6.57. The van der Waals surface area contributed by atoms with E-state index in [1.165, 1.54) is 6.07 Å². The summed E-state index contributed by atoms with van der Waals surface area (Å²) in [6, 6.07) is 1.76. The summed E-state index contributed by atoms with van der Waals surface area (Å²) < 4.78 is 42.7. The molecule has 13 heavy (non-hydrogen) atoms. The fraction of sp³-hybridized carbons (Fsp3) is 0.125. The summed E-state index contributed by atoms with van der Waals surface area (Å²) in [7, 11) is 1.09. The molecule has 0 spiro atoms. The number of ether oxygens (including phenoxy) is 1. The molecular weight excluding hydrogens is 183 g/mol.